The van der Waals surface area contributed by atoms with Crippen LogP contribution in [-0.4, -0.2) is 56.3 Å². The molecule has 1 fully saturated rings. The zero-order valence-electron chi connectivity index (χ0n) is 20.9. The maximum Gasteiger partial charge on any atom is 0.204 e. The first-order valence-electron chi connectivity index (χ1n) is 12.9. The van der Waals surface area contributed by atoms with Crippen LogP contribution in [0, 0.1) is 5.92 Å². The SMILES string of the molecule is CC(C)CCn1cc(C2CCN(CCCOc3ccc(-c4nn[nH]n4)cc3)CC2)c2ccccc21. The van der Waals surface area contributed by atoms with Crippen molar-refractivity contribution in [2.75, 3.05) is 26.2 Å². The average Bonchev–Trinajstić information content (AvgIpc) is 3.55. The molecule has 0 bridgehead atoms. The van der Waals surface area contributed by atoms with E-state index in [1.807, 2.05) is 24.3 Å². The summed E-state index contributed by atoms with van der Waals surface area (Å²) >= 11 is 0. The number of aromatic amines is 1. The van der Waals surface area contributed by atoms with E-state index in [1.54, 1.807) is 5.56 Å². The van der Waals surface area contributed by atoms with E-state index in [1.165, 1.54) is 30.2 Å². The Bertz CT molecular complexity index is 1190. The molecule has 2 aromatic carbocycles. The third-order valence-corrected chi connectivity index (χ3v) is 7.14. The third kappa shape index (κ3) is 5.73. The number of hydrogen-bond acceptors (Lipinski definition) is 5. The summed E-state index contributed by atoms with van der Waals surface area (Å²) in [4.78, 5) is 2.59. The summed E-state index contributed by atoms with van der Waals surface area (Å²) in [5.74, 6) is 2.86. The number of rotatable bonds is 10. The van der Waals surface area contributed by atoms with Crippen molar-refractivity contribution in [2.24, 2.45) is 5.92 Å². The summed E-state index contributed by atoms with van der Waals surface area (Å²) in [6, 6.07) is 16.8. The fourth-order valence-corrected chi connectivity index (χ4v) is 5.11. The normalized spacial score (nSPS) is 15.3. The standard InChI is InChI=1S/C28H36N6O/c1-21(2)12-18-34-20-26(25-6-3-4-7-27(25)34)22-13-16-33(17-14-22)15-5-19-35-24-10-8-23(9-11-24)28-29-31-32-30-28/h3-4,6-11,20-22H,5,12-19H2,1-2H3,(H,29,30,31,32). The molecule has 1 aliphatic rings. The predicted octanol–water partition coefficient (Wildman–Crippen LogP) is 5.52. The summed E-state index contributed by atoms with van der Waals surface area (Å²) in [7, 11) is 0. The maximum absolute atomic E-state index is 5.96. The van der Waals surface area contributed by atoms with Crippen LogP contribution in [0.15, 0.2) is 54.7 Å². The number of H-pyrrole nitrogens is 1. The smallest absolute Gasteiger partial charge is 0.204 e. The van der Waals surface area contributed by atoms with E-state index in [2.05, 4.69) is 74.4 Å². The largest absolute Gasteiger partial charge is 0.494 e. The van der Waals surface area contributed by atoms with Gasteiger partial charge in [-0.05, 0) is 91.7 Å². The number of ether oxygens (including phenoxy) is 1. The fourth-order valence-electron chi connectivity index (χ4n) is 5.11. The second kappa shape index (κ2) is 11.0. The van der Waals surface area contributed by atoms with E-state index >= 15 is 0 Å². The van der Waals surface area contributed by atoms with Gasteiger partial charge in [-0.3, -0.25) is 0 Å². The Kier molecular flexibility index (Phi) is 7.42. The third-order valence-electron chi connectivity index (χ3n) is 7.14. The van der Waals surface area contributed by atoms with E-state index in [0.29, 0.717) is 11.7 Å². The predicted molar refractivity (Wildman–Crippen MR) is 140 cm³/mol. The molecule has 1 aliphatic heterocycles. The van der Waals surface area contributed by atoms with Crippen molar-refractivity contribution in [1.82, 2.24) is 30.1 Å². The monoisotopic (exact) mass is 472 g/mol. The number of piperidine rings is 1. The summed E-state index contributed by atoms with van der Waals surface area (Å²) in [6.07, 6.45) is 7.17. The Hall–Kier alpha value is -3.19. The lowest BCUT2D eigenvalue weighted by molar-refractivity contribution is 0.193. The molecule has 1 N–H and O–H groups in total. The second-order valence-corrected chi connectivity index (χ2v) is 10.1. The molecule has 0 aliphatic carbocycles. The van der Waals surface area contributed by atoms with Gasteiger partial charge in [0, 0.05) is 35.8 Å². The first-order valence-corrected chi connectivity index (χ1v) is 12.9. The van der Waals surface area contributed by atoms with Crippen molar-refractivity contribution in [3.05, 3.63) is 60.3 Å². The van der Waals surface area contributed by atoms with E-state index in [0.717, 1.165) is 56.4 Å². The molecule has 0 spiro atoms. The van der Waals surface area contributed by atoms with Crippen molar-refractivity contribution in [1.29, 1.82) is 0 Å². The van der Waals surface area contributed by atoms with Crippen LogP contribution in [0.1, 0.15) is 51.0 Å². The highest BCUT2D eigenvalue weighted by Gasteiger charge is 2.23. The number of aryl methyl sites for hydroxylation is 1. The number of hydrogen-bond donors (Lipinski definition) is 1. The molecular formula is C28H36N6O. The minimum Gasteiger partial charge on any atom is -0.494 e. The molecule has 0 atom stereocenters. The number of nitrogens with zero attached hydrogens (tertiary/aromatic N) is 5. The van der Waals surface area contributed by atoms with E-state index in [-0.39, 0.29) is 0 Å². The number of likely N-dealkylation sites (tertiary alicyclic amines) is 1. The number of fused-ring (bicyclic) bond motifs is 1. The molecule has 7 heteroatoms. The molecule has 7 nitrogen and oxygen atoms in total. The molecule has 1 saturated heterocycles. The van der Waals surface area contributed by atoms with Crippen molar-refractivity contribution in [2.45, 2.75) is 52.0 Å². The Morgan fingerprint density at radius 2 is 1.83 bits per heavy atom. The highest BCUT2D eigenvalue weighted by Crippen LogP contribution is 2.34. The molecule has 0 radical (unpaired) electrons. The van der Waals surface area contributed by atoms with Gasteiger partial charge in [0.25, 0.3) is 0 Å². The zero-order chi connectivity index (χ0) is 24.0. The van der Waals surface area contributed by atoms with Crippen molar-refractivity contribution in [3.63, 3.8) is 0 Å². The highest BCUT2D eigenvalue weighted by molar-refractivity contribution is 5.84. The van der Waals surface area contributed by atoms with Gasteiger partial charge in [-0.2, -0.15) is 5.21 Å². The van der Waals surface area contributed by atoms with Crippen molar-refractivity contribution < 1.29 is 4.74 Å². The van der Waals surface area contributed by atoms with Gasteiger partial charge in [0.1, 0.15) is 5.75 Å². The van der Waals surface area contributed by atoms with Crippen LogP contribution in [-0.2, 0) is 6.54 Å². The van der Waals surface area contributed by atoms with Crippen LogP contribution in [0.4, 0.5) is 0 Å². The molecule has 184 valence electrons. The van der Waals surface area contributed by atoms with Gasteiger partial charge in [-0.1, -0.05) is 32.0 Å². The van der Waals surface area contributed by atoms with Crippen LogP contribution in [0.25, 0.3) is 22.3 Å². The van der Waals surface area contributed by atoms with Crippen LogP contribution in [0.5, 0.6) is 5.75 Å². The molecule has 0 amide bonds. The summed E-state index contributed by atoms with van der Waals surface area (Å²) < 4.78 is 8.45. The minimum absolute atomic E-state index is 0.597. The van der Waals surface area contributed by atoms with E-state index < -0.39 is 0 Å². The van der Waals surface area contributed by atoms with Gasteiger partial charge >= 0.3 is 0 Å². The topological polar surface area (TPSA) is 71.9 Å². The van der Waals surface area contributed by atoms with Gasteiger partial charge in [0.15, 0.2) is 0 Å². The lowest BCUT2D eigenvalue weighted by Crippen LogP contribution is -2.34. The molecule has 5 rings (SSSR count). The van der Waals surface area contributed by atoms with Gasteiger partial charge < -0.3 is 14.2 Å². The van der Waals surface area contributed by atoms with E-state index in [9.17, 15) is 0 Å². The number of para-hydroxylation sites is 1. The molecular weight excluding hydrogens is 436 g/mol. The molecule has 3 heterocycles. The van der Waals surface area contributed by atoms with Gasteiger partial charge in [0.05, 0.1) is 6.61 Å². The van der Waals surface area contributed by atoms with Crippen LogP contribution in [0.2, 0.25) is 0 Å². The lowest BCUT2D eigenvalue weighted by atomic mass is 9.89. The Morgan fingerprint density at radius 3 is 2.57 bits per heavy atom. The number of aromatic nitrogens is 5. The molecule has 0 saturated carbocycles. The number of nitrogens with one attached hydrogen (secondary N) is 1. The Balaban J connectivity index is 1.09. The van der Waals surface area contributed by atoms with Gasteiger partial charge in [-0.25, -0.2) is 0 Å². The molecule has 35 heavy (non-hydrogen) atoms. The zero-order valence-corrected chi connectivity index (χ0v) is 20.9. The maximum atomic E-state index is 5.96. The molecule has 2 aromatic heterocycles. The molecule has 0 unspecified atom stereocenters. The lowest BCUT2D eigenvalue weighted by Gasteiger charge is -2.32. The second-order valence-electron chi connectivity index (χ2n) is 10.1. The molecule has 4 aromatic rings. The first kappa shape index (κ1) is 23.5. The number of tetrazole rings is 1. The van der Waals surface area contributed by atoms with Gasteiger partial charge in [-0.15, -0.1) is 10.2 Å². The van der Waals surface area contributed by atoms with Crippen LogP contribution in [0.3, 0.4) is 0 Å². The highest BCUT2D eigenvalue weighted by atomic mass is 16.5. The van der Waals surface area contributed by atoms with Crippen molar-refractivity contribution in [3.8, 4) is 17.1 Å². The fraction of sp³-hybridized carbons (Fsp3) is 0.464. The summed E-state index contributed by atoms with van der Waals surface area (Å²) in [5.41, 5.74) is 3.88. The van der Waals surface area contributed by atoms with Crippen LogP contribution >= 0.6 is 0 Å². The van der Waals surface area contributed by atoms with E-state index in [4.69, 9.17) is 4.74 Å². The summed E-state index contributed by atoms with van der Waals surface area (Å²) in [6.45, 7) is 9.86. The van der Waals surface area contributed by atoms with Crippen LogP contribution < -0.4 is 4.74 Å². The van der Waals surface area contributed by atoms with Gasteiger partial charge in [0.2, 0.25) is 5.82 Å². The average molecular weight is 473 g/mol. The quantitative estimate of drug-likeness (QED) is 0.308. The Labute approximate surface area is 207 Å². The minimum atomic E-state index is 0.597. The number of benzene rings is 2. The Morgan fingerprint density at radius 1 is 1.03 bits per heavy atom. The summed E-state index contributed by atoms with van der Waals surface area (Å²) in [5, 5.41) is 15.5. The first-order chi connectivity index (χ1) is 17.2. The van der Waals surface area contributed by atoms with Crippen molar-refractivity contribution >= 4 is 10.9 Å².